The molecular formula is C24H21N3O3. The van der Waals surface area contributed by atoms with Crippen molar-refractivity contribution < 1.29 is 14.3 Å². The Morgan fingerprint density at radius 2 is 1.77 bits per heavy atom. The number of methoxy groups -OCH3 is 2. The summed E-state index contributed by atoms with van der Waals surface area (Å²) in [6, 6.07) is 17.8. The highest BCUT2D eigenvalue weighted by molar-refractivity contribution is 6.10. The van der Waals surface area contributed by atoms with Crippen LogP contribution < -0.4 is 14.8 Å². The van der Waals surface area contributed by atoms with E-state index in [1.807, 2.05) is 61.6 Å². The molecular weight excluding hydrogens is 378 g/mol. The maximum absolute atomic E-state index is 13.2. The molecule has 30 heavy (non-hydrogen) atoms. The quantitative estimate of drug-likeness (QED) is 0.486. The first-order chi connectivity index (χ1) is 14.6. The lowest BCUT2D eigenvalue weighted by Crippen LogP contribution is -2.15. The summed E-state index contributed by atoms with van der Waals surface area (Å²) >= 11 is 0. The molecule has 0 atom stereocenters. The number of hydrogen-bond acceptors (Lipinski definition) is 4. The summed E-state index contributed by atoms with van der Waals surface area (Å²) in [7, 11) is 5.10. The molecule has 0 bridgehead atoms. The van der Waals surface area contributed by atoms with E-state index in [0.717, 1.165) is 38.8 Å². The Morgan fingerprint density at radius 1 is 1.03 bits per heavy atom. The first-order valence-corrected chi connectivity index (χ1v) is 9.71. The zero-order valence-electron chi connectivity index (χ0n) is 17.0. The molecule has 1 aliphatic carbocycles. The molecule has 1 heterocycles. The fourth-order valence-electron chi connectivity index (χ4n) is 4.25. The normalized spacial score (nSPS) is 11.8. The van der Waals surface area contributed by atoms with Gasteiger partial charge in [-0.1, -0.05) is 36.4 Å². The third-order valence-electron chi connectivity index (χ3n) is 5.63. The maximum Gasteiger partial charge on any atom is 0.276 e. The molecule has 0 spiro atoms. The standard InChI is InChI=1S/C24H21N3O3/c1-27-23-17-13-21(30-3)20(29-2)12-15(17)11-18(23)22(26-27)24(28)25-19-10-6-8-14-7-4-5-9-16(14)19/h4-10,12-13H,11H2,1-3H3,(H,25,28). The van der Waals surface area contributed by atoms with E-state index in [1.165, 1.54) is 0 Å². The van der Waals surface area contributed by atoms with E-state index < -0.39 is 0 Å². The molecule has 1 N–H and O–H groups in total. The average Bonchev–Trinajstić information content (AvgIpc) is 3.29. The number of fused-ring (bicyclic) bond motifs is 4. The van der Waals surface area contributed by atoms with Crippen LogP contribution in [0.1, 0.15) is 21.6 Å². The summed E-state index contributed by atoms with van der Waals surface area (Å²) in [5, 5.41) is 9.67. The number of carbonyl (C=O) groups excluding carboxylic acids is 1. The summed E-state index contributed by atoms with van der Waals surface area (Å²) in [4.78, 5) is 13.2. The van der Waals surface area contributed by atoms with Gasteiger partial charge in [-0.2, -0.15) is 5.10 Å². The lowest BCUT2D eigenvalue weighted by molar-refractivity contribution is 0.102. The van der Waals surface area contributed by atoms with Gasteiger partial charge in [-0.15, -0.1) is 0 Å². The summed E-state index contributed by atoms with van der Waals surface area (Å²) in [5.41, 5.74) is 5.18. The predicted molar refractivity (Wildman–Crippen MR) is 116 cm³/mol. The molecule has 6 heteroatoms. The van der Waals surface area contributed by atoms with Crippen molar-refractivity contribution >= 4 is 22.4 Å². The van der Waals surface area contributed by atoms with E-state index in [1.54, 1.807) is 18.9 Å². The number of benzene rings is 3. The van der Waals surface area contributed by atoms with Crippen LogP contribution in [0.2, 0.25) is 0 Å². The van der Waals surface area contributed by atoms with E-state index in [4.69, 9.17) is 9.47 Å². The zero-order chi connectivity index (χ0) is 20.8. The number of aryl methyl sites for hydroxylation is 1. The van der Waals surface area contributed by atoms with Crippen molar-refractivity contribution in [3.63, 3.8) is 0 Å². The van der Waals surface area contributed by atoms with Crippen molar-refractivity contribution in [1.29, 1.82) is 0 Å². The van der Waals surface area contributed by atoms with Crippen molar-refractivity contribution in [2.24, 2.45) is 7.05 Å². The van der Waals surface area contributed by atoms with Crippen LogP contribution in [0.15, 0.2) is 54.6 Å². The first kappa shape index (κ1) is 18.2. The van der Waals surface area contributed by atoms with Crippen LogP contribution in [0.3, 0.4) is 0 Å². The topological polar surface area (TPSA) is 65.4 Å². The molecule has 6 nitrogen and oxygen atoms in total. The Hall–Kier alpha value is -3.80. The summed E-state index contributed by atoms with van der Waals surface area (Å²) in [6.45, 7) is 0. The van der Waals surface area contributed by atoms with Gasteiger partial charge in [-0.3, -0.25) is 9.48 Å². The van der Waals surface area contributed by atoms with Gasteiger partial charge in [-0.05, 0) is 29.1 Å². The Morgan fingerprint density at radius 3 is 2.57 bits per heavy atom. The Bertz CT molecular complexity index is 1300. The van der Waals surface area contributed by atoms with Crippen LogP contribution in [0, 0.1) is 0 Å². The van der Waals surface area contributed by atoms with E-state index in [2.05, 4.69) is 10.4 Å². The third kappa shape index (κ3) is 2.72. The molecule has 0 saturated carbocycles. The molecule has 1 aliphatic rings. The van der Waals surface area contributed by atoms with Gasteiger partial charge in [0.2, 0.25) is 0 Å². The highest BCUT2D eigenvalue weighted by Crippen LogP contribution is 2.43. The monoisotopic (exact) mass is 399 g/mol. The molecule has 0 aliphatic heterocycles. The third-order valence-corrected chi connectivity index (χ3v) is 5.63. The Balaban J connectivity index is 1.54. The van der Waals surface area contributed by atoms with Gasteiger partial charge in [0, 0.05) is 35.7 Å². The molecule has 4 aromatic rings. The van der Waals surface area contributed by atoms with E-state index >= 15 is 0 Å². The molecule has 1 aromatic heterocycles. The predicted octanol–water partition coefficient (Wildman–Crippen LogP) is 4.41. The number of nitrogens with zero attached hydrogens (tertiary/aromatic N) is 2. The van der Waals surface area contributed by atoms with Crippen LogP contribution in [0.5, 0.6) is 11.5 Å². The SMILES string of the molecule is COc1cc2c(cc1OC)-c1c(c(C(=O)Nc3cccc4ccccc34)nn1C)C2. The molecule has 5 rings (SSSR count). The number of aromatic nitrogens is 2. The number of amides is 1. The van der Waals surface area contributed by atoms with Gasteiger partial charge in [0.25, 0.3) is 5.91 Å². The highest BCUT2D eigenvalue weighted by Gasteiger charge is 2.31. The number of ether oxygens (including phenoxy) is 2. The molecule has 0 saturated heterocycles. The van der Waals surface area contributed by atoms with Crippen molar-refractivity contribution in [2.75, 3.05) is 19.5 Å². The van der Waals surface area contributed by atoms with Gasteiger partial charge in [0.1, 0.15) is 0 Å². The molecule has 1 amide bonds. The van der Waals surface area contributed by atoms with E-state index in [9.17, 15) is 4.79 Å². The summed E-state index contributed by atoms with van der Waals surface area (Å²) in [6.07, 6.45) is 0.622. The van der Waals surface area contributed by atoms with Crippen molar-refractivity contribution in [1.82, 2.24) is 9.78 Å². The van der Waals surface area contributed by atoms with Crippen LogP contribution in [-0.2, 0) is 13.5 Å². The van der Waals surface area contributed by atoms with Crippen molar-refractivity contribution in [3.05, 3.63) is 71.4 Å². The lowest BCUT2D eigenvalue weighted by atomic mass is 10.1. The largest absolute Gasteiger partial charge is 0.493 e. The fourth-order valence-corrected chi connectivity index (χ4v) is 4.25. The summed E-state index contributed by atoms with van der Waals surface area (Å²) < 4.78 is 12.7. The van der Waals surface area contributed by atoms with Gasteiger partial charge < -0.3 is 14.8 Å². The maximum atomic E-state index is 13.2. The van der Waals surface area contributed by atoms with Gasteiger partial charge in [0.15, 0.2) is 17.2 Å². The molecule has 3 aromatic carbocycles. The number of rotatable bonds is 4. The second-order valence-electron chi connectivity index (χ2n) is 7.32. The zero-order valence-corrected chi connectivity index (χ0v) is 17.0. The minimum Gasteiger partial charge on any atom is -0.493 e. The first-order valence-electron chi connectivity index (χ1n) is 9.71. The van der Waals surface area contributed by atoms with Gasteiger partial charge in [0.05, 0.1) is 19.9 Å². The minimum absolute atomic E-state index is 0.213. The van der Waals surface area contributed by atoms with Crippen LogP contribution in [0.4, 0.5) is 5.69 Å². The Labute approximate surface area is 174 Å². The van der Waals surface area contributed by atoms with Gasteiger partial charge in [-0.25, -0.2) is 0 Å². The number of nitrogens with one attached hydrogen (secondary N) is 1. The second-order valence-corrected chi connectivity index (χ2v) is 7.32. The van der Waals surface area contributed by atoms with Crippen LogP contribution in [-0.4, -0.2) is 29.9 Å². The van der Waals surface area contributed by atoms with Gasteiger partial charge >= 0.3 is 0 Å². The van der Waals surface area contributed by atoms with E-state index in [0.29, 0.717) is 23.6 Å². The van der Waals surface area contributed by atoms with Crippen LogP contribution >= 0.6 is 0 Å². The molecule has 0 radical (unpaired) electrons. The molecule has 150 valence electrons. The summed E-state index contributed by atoms with van der Waals surface area (Å²) in [5.74, 6) is 1.13. The lowest BCUT2D eigenvalue weighted by Gasteiger charge is -2.11. The number of carbonyl (C=O) groups is 1. The smallest absolute Gasteiger partial charge is 0.276 e. The fraction of sp³-hybridized carbons (Fsp3) is 0.167. The van der Waals surface area contributed by atoms with Crippen molar-refractivity contribution in [3.8, 4) is 22.8 Å². The molecule has 0 unspecified atom stereocenters. The van der Waals surface area contributed by atoms with Crippen molar-refractivity contribution in [2.45, 2.75) is 6.42 Å². The van der Waals surface area contributed by atoms with Crippen LogP contribution in [0.25, 0.3) is 22.0 Å². The van der Waals surface area contributed by atoms with E-state index in [-0.39, 0.29) is 5.91 Å². The minimum atomic E-state index is -0.213. The average molecular weight is 399 g/mol. The Kier molecular flexibility index (Phi) is 4.20. The molecule has 0 fully saturated rings. The number of hydrogen-bond donors (Lipinski definition) is 1. The highest BCUT2D eigenvalue weighted by atomic mass is 16.5. The number of anilines is 1. The second kappa shape index (κ2) is 6.91.